The first-order chi connectivity index (χ1) is 7.38. The van der Waals surface area contributed by atoms with Gasteiger partial charge >= 0.3 is 6.36 Å². The zero-order valence-electron chi connectivity index (χ0n) is 8.58. The molecular weight excluding hydrogens is 223 g/mol. The van der Waals surface area contributed by atoms with Crippen LogP contribution in [-0.4, -0.2) is 24.1 Å². The first-order valence-corrected chi connectivity index (χ1v) is 4.65. The van der Waals surface area contributed by atoms with Crippen molar-refractivity contribution in [1.82, 2.24) is 0 Å². The van der Waals surface area contributed by atoms with Crippen molar-refractivity contribution in [3.8, 4) is 5.75 Å². The number of hydrogen-bond acceptors (Lipinski definition) is 3. The van der Waals surface area contributed by atoms with E-state index >= 15 is 0 Å². The summed E-state index contributed by atoms with van der Waals surface area (Å²) in [5, 5.41) is 11.7. The predicted molar refractivity (Wildman–Crippen MR) is 53.3 cm³/mol. The summed E-state index contributed by atoms with van der Waals surface area (Å²) in [5.41, 5.74) is 0.195. The highest BCUT2D eigenvalue weighted by atomic mass is 19.4. The summed E-state index contributed by atoms with van der Waals surface area (Å²) in [4.78, 5) is 0. The fourth-order valence-corrected chi connectivity index (χ4v) is 1.08. The maximum absolute atomic E-state index is 12.0. The van der Waals surface area contributed by atoms with Gasteiger partial charge in [-0.25, -0.2) is 0 Å². The van der Waals surface area contributed by atoms with Crippen molar-refractivity contribution in [1.29, 1.82) is 0 Å². The van der Waals surface area contributed by atoms with E-state index in [1.165, 1.54) is 25.1 Å². The molecule has 0 bridgehead atoms. The lowest BCUT2D eigenvalue weighted by atomic mass is 10.3. The lowest BCUT2D eigenvalue weighted by Crippen LogP contribution is -2.20. The van der Waals surface area contributed by atoms with Crippen molar-refractivity contribution in [3.63, 3.8) is 0 Å². The molecule has 1 atom stereocenters. The fourth-order valence-electron chi connectivity index (χ4n) is 1.08. The Morgan fingerprint density at radius 2 is 2.00 bits per heavy atom. The standard InChI is InChI=1S/C10H12F3NO2/c1-7(15)6-14-8-4-2-3-5-9(8)16-10(11,12)13/h2-5,7,14-15H,6H2,1H3/t7-/m0/s1. The van der Waals surface area contributed by atoms with Crippen molar-refractivity contribution in [2.75, 3.05) is 11.9 Å². The minimum Gasteiger partial charge on any atom is -0.404 e. The SMILES string of the molecule is C[C@H](O)CNc1ccccc1OC(F)(F)F. The van der Waals surface area contributed by atoms with Crippen LogP contribution < -0.4 is 10.1 Å². The minimum atomic E-state index is -4.72. The monoisotopic (exact) mass is 235 g/mol. The number of alkyl halides is 3. The number of nitrogens with one attached hydrogen (secondary N) is 1. The normalized spacial score (nSPS) is 13.3. The van der Waals surface area contributed by atoms with Gasteiger partial charge in [-0.15, -0.1) is 13.2 Å². The Morgan fingerprint density at radius 3 is 2.56 bits per heavy atom. The fraction of sp³-hybridized carbons (Fsp3) is 0.400. The lowest BCUT2D eigenvalue weighted by Gasteiger charge is -2.15. The Kier molecular flexibility index (Phi) is 4.00. The van der Waals surface area contributed by atoms with E-state index < -0.39 is 12.5 Å². The number of aliphatic hydroxyl groups excluding tert-OH is 1. The van der Waals surface area contributed by atoms with Gasteiger partial charge in [-0.3, -0.25) is 0 Å². The molecule has 0 aliphatic rings. The number of benzene rings is 1. The molecule has 0 aliphatic heterocycles. The molecule has 0 saturated carbocycles. The molecule has 2 N–H and O–H groups in total. The van der Waals surface area contributed by atoms with Gasteiger partial charge in [-0.1, -0.05) is 12.1 Å². The predicted octanol–water partition coefficient (Wildman–Crippen LogP) is 2.38. The van der Waals surface area contributed by atoms with Crippen LogP contribution >= 0.6 is 0 Å². The Balaban J connectivity index is 2.75. The molecule has 0 aliphatic carbocycles. The molecule has 0 spiro atoms. The molecule has 0 radical (unpaired) electrons. The number of halogens is 3. The minimum absolute atomic E-state index is 0.151. The number of para-hydroxylation sites is 2. The van der Waals surface area contributed by atoms with Crippen LogP contribution in [0.2, 0.25) is 0 Å². The summed E-state index contributed by atoms with van der Waals surface area (Å²) in [6, 6.07) is 5.67. The number of rotatable bonds is 4. The third-order valence-corrected chi connectivity index (χ3v) is 1.70. The summed E-state index contributed by atoms with van der Waals surface area (Å²) in [6.07, 6.45) is -5.37. The van der Waals surface area contributed by atoms with Gasteiger partial charge in [0.2, 0.25) is 0 Å². The topological polar surface area (TPSA) is 41.5 Å². The van der Waals surface area contributed by atoms with Crippen LogP contribution in [-0.2, 0) is 0 Å². The van der Waals surface area contributed by atoms with E-state index in [0.717, 1.165) is 0 Å². The van der Waals surface area contributed by atoms with Crippen molar-refractivity contribution in [2.24, 2.45) is 0 Å². The van der Waals surface area contributed by atoms with Gasteiger partial charge in [0.1, 0.15) is 0 Å². The van der Waals surface area contributed by atoms with Gasteiger partial charge in [-0.05, 0) is 19.1 Å². The zero-order chi connectivity index (χ0) is 12.2. The van der Waals surface area contributed by atoms with E-state index in [2.05, 4.69) is 10.1 Å². The second kappa shape index (κ2) is 5.07. The van der Waals surface area contributed by atoms with Crippen LogP contribution in [0.5, 0.6) is 5.75 Å². The van der Waals surface area contributed by atoms with E-state index in [1.54, 1.807) is 6.07 Å². The quantitative estimate of drug-likeness (QED) is 0.841. The maximum atomic E-state index is 12.0. The van der Waals surface area contributed by atoms with E-state index in [-0.39, 0.29) is 18.0 Å². The van der Waals surface area contributed by atoms with Gasteiger partial charge in [-0.2, -0.15) is 0 Å². The molecule has 6 heteroatoms. The van der Waals surface area contributed by atoms with Gasteiger partial charge in [0.25, 0.3) is 0 Å². The summed E-state index contributed by atoms with van der Waals surface area (Å²) >= 11 is 0. The van der Waals surface area contributed by atoms with E-state index in [0.29, 0.717) is 0 Å². The molecule has 0 unspecified atom stereocenters. The van der Waals surface area contributed by atoms with Gasteiger partial charge < -0.3 is 15.2 Å². The van der Waals surface area contributed by atoms with Crippen LogP contribution in [0.4, 0.5) is 18.9 Å². The number of ether oxygens (including phenoxy) is 1. The number of anilines is 1. The first kappa shape index (κ1) is 12.6. The molecule has 3 nitrogen and oxygen atoms in total. The third kappa shape index (κ3) is 4.39. The maximum Gasteiger partial charge on any atom is 0.573 e. The molecule has 1 aromatic carbocycles. The largest absolute Gasteiger partial charge is 0.573 e. The molecule has 0 fully saturated rings. The summed E-state index contributed by atoms with van der Waals surface area (Å²) in [5.74, 6) is -0.310. The first-order valence-electron chi connectivity index (χ1n) is 4.65. The van der Waals surface area contributed by atoms with Crippen LogP contribution in [0.1, 0.15) is 6.92 Å². The number of hydrogen-bond donors (Lipinski definition) is 2. The molecule has 0 saturated heterocycles. The second-order valence-corrected chi connectivity index (χ2v) is 3.27. The molecular formula is C10H12F3NO2. The zero-order valence-corrected chi connectivity index (χ0v) is 8.58. The lowest BCUT2D eigenvalue weighted by molar-refractivity contribution is -0.274. The van der Waals surface area contributed by atoms with Gasteiger partial charge in [0.15, 0.2) is 5.75 Å². The van der Waals surface area contributed by atoms with E-state index in [9.17, 15) is 13.2 Å². The van der Waals surface area contributed by atoms with Crippen molar-refractivity contribution >= 4 is 5.69 Å². The average molecular weight is 235 g/mol. The Bertz CT molecular complexity index is 339. The van der Waals surface area contributed by atoms with Crippen LogP contribution in [0.15, 0.2) is 24.3 Å². The van der Waals surface area contributed by atoms with E-state index in [1.807, 2.05) is 0 Å². The Labute approximate surface area is 90.8 Å². The third-order valence-electron chi connectivity index (χ3n) is 1.70. The smallest absolute Gasteiger partial charge is 0.404 e. The van der Waals surface area contributed by atoms with Crippen LogP contribution in [0.3, 0.4) is 0 Å². The molecule has 1 aromatic rings. The molecule has 0 aromatic heterocycles. The van der Waals surface area contributed by atoms with Crippen molar-refractivity contribution in [3.05, 3.63) is 24.3 Å². The average Bonchev–Trinajstić information content (AvgIpc) is 2.14. The second-order valence-electron chi connectivity index (χ2n) is 3.27. The molecule has 0 amide bonds. The molecule has 0 heterocycles. The number of aliphatic hydroxyl groups is 1. The highest BCUT2D eigenvalue weighted by Crippen LogP contribution is 2.29. The summed E-state index contributed by atoms with van der Waals surface area (Å²) in [6.45, 7) is 1.68. The van der Waals surface area contributed by atoms with Gasteiger partial charge in [0.05, 0.1) is 11.8 Å². The van der Waals surface area contributed by atoms with Gasteiger partial charge in [0, 0.05) is 6.54 Å². The van der Waals surface area contributed by atoms with Crippen LogP contribution in [0, 0.1) is 0 Å². The summed E-state index contributed by atoms with van der Waals surface area (Å²) < 4.78 is 39.9. The Morgan fingerprint density at radius 1 is 1.38 bits per heavy atom. The molecule has 90 valence electrons. The molecule has 1 rings (SSSR count). The highest BCUT2D eigenvalue weighted by molar-refractivity contribution is 5.56. The van der Waals surface area contributed by atoms with Crippen molar-refractivity contribution in [2.45, 2.75) is 19.4 Å². The van der Waals surface area contributed by atoms with Crippen LogP contribution in [0.25, 0.3) is 0 Å². The summed E-state index contributed by atoms with van der Waals surface area (Å²) in [7, 11) is 0. The van der Waals surface area contributed by atoms with E-state index in [4.69, 9.17) is 5.11 Å². The van der Waals surface area contributed by atoms with Crippen molar-refractivity contribution < 1.29 is 23.0 Å². The Hall–Kier alpha value is -1.43. The highest BCUT2D eigenvalue weighted by Gasteiger charge is 2.32. The molecule has 16 heavy (non-hydrogen) atoms.